The van der Waals surface area contributed by atoms with Crippen LogP contribution in [-0.2, 0) is 4.79 Å². The lowest BCUT2D eigenvalue weighted by Crippen LogP contribution is -2.25. The highest BCUT2D eigenvalue weighted by Crippen LogP contribution is 2.28. The number of aliphatic carboxylic acids is 1. The second-order valence-electron chi connectivity index (χ2n) is 3.60. The average Bonchev–Trinajstić information content (AvgIpc) is 2.33. The van der Waals surface area contributed by atoms with Gasteiger partial charge in [-0.2, -0.15) is 0 Å². The Morgan fingerprint density at radius 3 is 2.88 bits per heavy atom. The molecule has 1 unspecified atom stereocenters. The number of nitrogens with one attached hydrogen (secondary N) is 1. The molecule has 0 aliphatic heterocycles. The first-order valence-electron chi connectivity index (χ1n) is 5.08. The Balaban J connectivity index is 2.70. The number of carboxylic acid groups (broad SMARTS) is 1. The fourth-order valence-electron chi connectivity index (χ4n) is 1.80. The van der Waals surface area contributed by atoms with Gasteiger partial charge in [0.2, 0.25) is 0 Å². The molecule has 0 aliphatic rings. The zero-order valence-corrected chi connectivity index (χ0v) is 10.7. The van der Waals surface area contributed by atoms with Crippen LogP contribution in [0.2, 0.25) is 0 Å². The topological polar surface area (TPSA) is 62.2 Å². The highest BCUT2D eigenvalue weighted by Gasteiger charge is 2.20. The summed E-state index contributed by atoms with van der Waals surface area (Å²) in [6.45, 7) is 0. The zero-order valence-electron chi connectivity index (χ0n) is 9.14. The number of aromatic nitrogens is 1. The number of carboxylic acids is 1. The van der Waals surface area contributed by atoms with Crippen LogP contribution in [0.15, 0.2) is 34.9 Å². The molecule has 0 fully saturated rings. The third kappa shape index (κ3) is 2.16. The number of halogens is 1. The summed E-state index contributed by atoms with van der Waals surface area (Å²) in [5.41, 5.74) is 1.36. The van der Waals surface area contributed by atoms with E-state index in [0.29, 0.717) is 11.1 Å². The van der Waals surface area contributed by atoms with Crippen molar-refractivity contribution in [2.24, 2.45) is 0 Å². The molecule has 17 heavy (non-hydrogen) atoms. The molecule has 0 saturated heterocycles. The number of benzene rings is 1. The maximum atomic E-state index is 11.2. The molecule has 1 aromatic carbocycles. The van der Waals surface area contributed by atoms with E-state index in [9.17, 15) is 4.79 Å². The monoisotopic (exact) mass is 294 g/mol. The van der Waals surface area contributed by atoms with Crippen LogP contribution < -0.4 is 5.32 Å². The minimum absolute atomic E-state index is 0.666. The Kier molecular flexibility index (Phi) is 3.40. The summed E-state index contributed by atoms with van der Waals surface area (Å²) in [4.78, 5) is 15.4. The van der Waals surface area contributed by atoms with Gasteiger partial charge >= 0.3 is 5.97 Å². The van der Waals surface area contributed by atoms with Crippen LogP contribution >= 0.6 is 15.9 Å². The van der Waals surface area contributed by atoms with Gasteiger partial charge in [0, 0.05) is 21.6 Å². The summed E-state index contributed by atoms with van der Waals surface area (Å²) in [5, 5.41) is 12.8. The Morgan fingerprint density at radius 2 is 2.24 bits per heavy atom. The minimum atomic E-state index is -0.915. The van der Waals surface area contributed by atoms with Gasteiger partial charge in [-0.25, -0.2) is 0 Å². The van der Waals surface area contributed by atoms with Gasteiger partial charge in [0.25, 0.3) is 0 Å². The number of nitrogens with zero attached hydrogens (tertiary/aromatic N) is 1. The SMILES string of the molecule is CNC(C(=O)O)c1ccc(Br)c2cccnc12. The van der Waals surface area contributed by atoms with Crippen LogP contribution in [0, 0.1) is 0 Å². The molecular weight excluding hydrogens is 284 g/mol. The Morgan fingerprint density at radius 1 is 1.47 bits per heavy atom. The first-order valence-corrected chi connectivity index (χ1v) is 5.87. The number of carbonyl (C=O) groups is 1. The molecule has 0 saturated carbocycles. The summed E-state index contributed by atoms with van der Waals surface area (Å²) >= 11 is 3.43. The Bertz CT molecular complexity index is 571. The molecule has 1 aromatic heterocycles. The van der Waals surface area contributed by atoms with Crippen LogP contribution in [0.3, 0.4) is 0 Å². The lowest BCUT2D eigenvalue weighted by Gasteiger charge is -2.14. The van der Waals surface area contributed by atoms with Gasteiger partial charge < -0.3 is 10.4 Å². The number of pyridine rings is 1. The summed E-state index contributed by atoms with van der Waals surface area (Å²) in [7, 11) is 1.62. The van der Waals surface area contributed by atoms with Gasteiger partial charge in [-0.1, -0.05) is 28.1 Å². The van der Waals surface area contributed by atoms with Crippen LogP contribution in [0.4, 0.5) is 0 Å². The van der Waals surface area contributed by atoms with Crippen molar-refractivity contribution in [3.05, 3.63) is 40.5 Å². The predicted octanol–water partition coefficient (Wildman–Crippen LogP) is 2.34. The number of hydrogen-bond acceptors (Lipinski definition) is 3. The van der Waals surface area contributed by atoms with E-state index in [-0.39, 0.29) is 0 Å². The van der Waals surface area contributed by atoms with Gasteiger partial charge in [-0.05, 0) is 19.2 Å². The summed E-state index contributed by atoms with van der Waals surface area (Å²) in [6, 6.07) is 6.60. The van der Waals surface area contributed by atoms with Crippen molar-refractivity contribution in [1.82, 2.24) is 10.3 Å². The fraction of sp³-hybridized carbons (Fsp3) is 0.167. The van der Waals surface area contributed by atoms with Gasteiger partial charge in [-0.3, -0.25) is 9.78 Å². The second-order valence-corrected chi connectivity index (χ2v) is 4.45. The number of rotatable bonds is 3. The molecule has 2 N–H and O–H groups in total. The van der Waals surface area contributed by atoms with Crippen molar-refractivity contribution in [1.29, 1.82) is 0 Å². The molecule has 2 aromatic rings. The third-order valence-electron chi connectivity index (χ3n) is 2.59. The van der Waals surface area contributed by atoms with Crippen LogP contribution in [0.25, 0.3) is 10.9 Å². The lowest BCUT2D eigenvalue weighted by molar-refractivity contribution is -0.139. The molecule has 88 valence electrons. The zero-order chi connectivity index (χ0) is 12.4. The van der Waals surface area contributed by atoms with Crippen molar-refractivity contribution >= 4 is 32.8 Å². The fourth-order valence-corrected chi connectivity index (χ4v) is 2.26. The van der Waals surface area contributed by atoms with Gasteiger partial charge in [0.05, 0.1) is 5.52 Å². The summed E-state index contributed by atoms with van der Waals surface area (Å²) in [5.74, 6) is -0.915. The molecule has 4 nitrogen and oxygen atoms in total. The van der Waals surface area contributed by atoms with Gasteiger partial charge in [0.1, 0.15) is 6.04 Å². The molecule has 2 rings (SSSR count). The van der Waals surface area contributed by atoms with E-state index in [4.69, 9.17) is 5.11 Å². The minimum Gasteiger partial charge on any atom is -0.480 e. The summed E-state index contributed by atoms with van der Waals surface area (Å²) in [6.07, 6.45) is 1.66. The molecule has 0 spiro atoms. The predicted molar refractivity (Wildman–Crippen MR) is 68.9 cm³/mol. The van der Waals surface area contributed by atoms with Gasteiger partial charge in [-0.15, -0.1) is 0 Å². The standard InChI is InChI=1S/C12H11BrN2O2/c1-14-11(12(16)17)8-4-5-9(13)7-3-2-6-15-10(7)8/h2-6,11,14H,1H3,(H,16,17). The van der Waals surface area contributed by atoms with Crippen LogP contribution in [0.1, 0.15) is 11.6 Å². The first-order chi connectivity index (χ1) is 8.15. The number of hydrogen-bond donors (Lipinski definition) is 2. The largest absolute Gasteiger partial charge is 0.480 e. The van der Waals surface area contributed by atoms with Crippen molar-refractivity contribution in [3.8, 4) is 0 Å². The molecule has 5 heteroatoms. The lowest BCUT2D eigenvalue weighted by atomic mass is 10.0. The highest BCUT2D eigenvalue weighted by atomic mass is 79.9. The summed E-state index contributed by atoms with van der Waals surface area (Å²) < 4.78 is 0.907. The van der Waals surface area contributed by atoms with Crippen LogP contribution in [0.5, 0.6) is 0 Å². The van der Waals surface area contributed by atoms with Crippen molar-refractivity contribution < 1.29 is 9.90 Å². The molecule has 0 aliphatic carbocycles. The number of likely N-dealkylation sites (N-methyl/N-ethyl adjacent to an activating group) is 1. The van der Waals surface area contributed by atoms with Crippen molar-refractivity contribution in [3.63, 3.8) is 0 Å². The van der Waals surface area contributed by atoms with E-state index in [1.165, 1.54) is 0 Å². The quantitative estimate of drug-likeness (QED) is 0.912. The van der Waals surface area contributed by atoms with Crippen molar-refractivity contribution in [2.45, 2.75) is 6.04 Å². The Labute approximate surface area is 107 Å². The second kappa shape index (κ2) is 4.81. The van der Waals surface area contributed by atoms with E-state index in [2.05, 4.69) is 26.2 Å². The van der Waals surface area contributed by atoms with Gasteiger partial charge in [0.15, 0.2) is 0 Å². The van der Waals surface area contributed by atoms with E-state index in [1.54, 1.807) is 19.3 Å². The number of fused-ring (bicyclic) bond motifs is 1. The smallest absolute Gasteiger partial charge is 0.325 e. The van der Waals surface area contributed by atoms with E-state index in [1.807, 2.05) is 18.2 Å². The molecular formula is C12H11BrN2O2. The normalized spacial score (nSPS) is 12.6. The maximum Gasteiger partial charge on any atom is 0.325 e. The maximum absolute atomic E-state index is 11.2. The molecule has 0 amide bonds. The third-order valence-corrected chi connectivity index (χ3v) is 3.29. The molecule has 0 radical (unpaired) electrons. The van der Waals surface area contributed by atoms with E-state index in [0.717, 1.165) is 9.86 Å². The molecule has 0 bridgehead atoms. The van der Waals surface area contributed by atoms with E-state index < -0.39 is 12.0 Å². The van der Waals surface area contributed by atoms with Crippen molar-refractivity contribution in [2.75, 3.05) is 7.05 Å². The van der Waals surface area contributed by atoms with Crippen LogP contribution in [-0.4, -0.2) is 23.1 Å². The average molecular weight is 295 g/mol. The molecule has 1 heterocycles. The Hall–Kier alpha value is -1.46. The van der Waals surface area contributed by atoms with E-state index >= 15 is 0 Å². The highest BCUT2D eigenvalue weighted by molar-refractivity contribution is 9.10. The molecule has 1 atom stereocenters. The first kappa shape index (κ1) is 12.0.